The molecule has 3 aliphatic rings. The first-order valence-corrected chi connectivity index (χ1v) is 13.0. The molecular weight excluding hydrogens is 354 g/mol. The van der Waals surface area contributed by atoms with E-state index >= 15 is 0 Å². The molecule has 0 amide bonds. The van der Waals surface area contributed by atoms with Gasteiger partial charge in [0.1, 0.15) is 0 Å². The molecule has 3 rings (SSSR count). The van der Waals surface area contributed by atoms with Gasteiger partial charge < -0.3 is 16.0 Å². The maximum atomic E-state index is 3.28. The van der Waals surface area contributed by atoms with Crippen molar-refractivity contribution in [1.29, 1.82) is 0 Å². The summed E-state index contributed by atoms with van der Waals surface area (Å²) in [6, 6.07) is 0. The molecule has 3 nitrogen and oxygen atoms in total. The van der Waals surface area contributed by atoms with Crippen LogP contribution in [0.1, 0.15) is 122 Å². The molecule has 3 N–H and O–H groups in total. The number of hydrogen-bond acceptors (Lipinski definition) is 3. The van der Waals surface area contributed by atoms with E-state index in [0.29, 0.717) is 0 Å². The van der Waals surface area contributed by atoms with Gasteiger partial charge in [0, 0.05) is 0 Å². The van der Waals surface area contributed by atoms with Gasteiger partial charge in [-0.2, -0.15) is 0 Å². The molecule has 0 saturated carbocycles. The Bertz CT molecular complexity index is 167. The predicted molar refractivity (Wildman–Crippen MR) is 143 cm³/mol. The molecule has 0 radical (unpaired) electrons. The normalized spacial score (nSPS) is 13.9. The monoisotopic (exact) mass is 418 g/mol. The molecule has 0 unspecified atom stereocenters. The van der Waals surface area contributed by atoms with Gasteiger partial charge in [0.2, 0.25) is 0 Å². The number of rotatable bonds is 0. The number of piperidine rings is 1. The lowest BCUT2D eigenvalue weighted by Crippen LogP contribution is -2.21. The maximum absolute atomic E-state index is 3.28. The van der Waals surface area contributed by atoms with Crippen molar-refractivity contribution < 1.29 is 0 Å². The highest BCUT2D eigenvalue weighted by Crippen LogP contribution is 1.96. The summed E-state index contributed by atoms with van der Waals surface area (Å²) in [5.74, 6) is 0. The fourth-order valence-electron chi connectivity index (χ4n) is 1.83. The third kappa shape index (κ3) is 65.8. The molecule has 0 aromatic heterocycles. The summed E-state index contributed by atoms with van der Waals surface area (Å²) < 4.78 is 0. The highest BCUT2D eigenvalue weighted by molar-refractivity contribution is 4.98. The van der Waals surface area contributed by atoms with Gasteiger partial charge >= 0.3 is 0 Å². The minimum Gasteiger partial charge on any atom is -0.368 e. The van der Waals surface area contributed by atoms with E-state index in [2.05, 4.69) is 28.1 Å². The van der Waals surface area contributed by atoms with Crippen LogP contribution in [0.25, 0.3) is 0 Å². The van der Waals surface area contributed by atoms with Crippen molar-refractivity contribution >= 4 is 0 Å². The van der Waals surface area contributed by atoms with Gasteiger partial charge in [-0.25, -0.2) is 0 Å². The first-order valence-electron chi connectivity index (χ1n) is 13.0. The molecule has 2 fully saturated rings. The molecule has 3 aliphatic heterocycles. The SMILES string of the molecule is C1=CNC=CC1.C1CCNC1.C1CCNCC1.CC.CC.CC.CC.CC.CC. The first-order chi connectivity index (χ1) is 14.5. The third-order valence-electron chi connectivity index (χ3n) is 2.86. The zero-order chi connectivity index (χ0) is 24.0. The van der Waals surface area contributed by atoms with Crippen molar-refractivity contribution in [2.75, 3.05) is 26.2 Å². The van der Waals surface area contributed by atoms with Crippen molar-refractivity contribution in [3.05, 3.63) is 24.6 Å². The van der Waals surface area contributed by atoms with E-state index in [9.17, 15) is 0 Å². The number of allylic oxidation sites excluding steroid dienone is 2. The second-order valence-electron chi connectivity index (χ2n) is 4.47. The lowest BCUT2D eigenvalue weighted by atomic mass is 10.2. The van der Waals surface area contributed by atoms with Gasteiger partial charge in [0.15, 0.2) is 0 Å². The minimum absolute atomic E-state index is 1.08. The smallest absolute Gasteiger partial charge is 0.00326 e. The van der Waals surface area contributed by atoms with Crippen LogP contribution < -0.4 is 16.0 Å². The average Bonchev–Trinajstić information content (AvgIpc) is 3.50. The summed E-state index contributed by atoms with van der Waals surface area (Å²) in [4.78, 5) is 0. The molecule has 2 saturated heterocycles. The molecule has 3 heteroatoms. The second kappa shape index (κ2) is 71.1. The molecule has 29 heavy (non-hydrogen) atoms. The minimum atomic E-state index is 1.08. The van der Waals surface area contributed by atoms with Crippen LogP contribution in [0.3, 0.4) is 0 Å². The van der Waals surface area contributed by atoms with Crippen molar-refractivity contribution in [1.82, 2.24) is 16.0 Å². The highest BCUT2D eigenvalue weighted by Gasteiger charge is 1.94. The van der Waals surface area contributed by atoms with Gasteiger partial charge in [0.05, 0.1) is 0 Å². The average molecular weight is 418 g/mol. The van der Waals surface area contributed by atoms with Crippen molar-refractivity contribution in [3.63, 3.8) is 0 Å². The Labute approximate surface area is 188 Å². The molecule has 182 valence electrons. The van der Waals surface area contributed by atoms with Gasteiger partial charge in [-0.1, -0.05) is 102 Å². The van der Waals surface area contributed by atoms with Crippen molar-refractivity contribution in [3.8, 4) is 0 Å². The van der Waals surface area contributed by atoms with Gasteiger partial charge in [-0.05, 0) is 70.7 Å². The van der Waals surface area contributed by atoms with Crippen LogP contribution in [0.15, 0.2) is 24.6 Å². The molecule has 0 aromatic rings. The molecule has 0 aromatic carbocycles. The number of dihydropyridines is 1. The lowest BCUT2D eigenvalue weighted by Gasteiger charge is -2.08. The number of hydrogen-bond donors (Lipinski definition) is 3. The van der Waals surface area contributed by atoms with Crippen LogP contribution in [-0.4, -0.2) is 26.2 Å². The Hall–Kier alpha value is -0.800. The summed E-state index contributed by atoms with van der Waals surface area (Å²) >= 11 is 0. The largest absolute Gasteiger partial charge is 0.368 e. The van der Waals surface area contributed by atoms with E-state index in [0.717, 1.165) is 6.42 Å². The summed E-state index contributed by atoms with van der Waals surface area (Å²) in [5.41, 5.74) is 0. The molecular formula is C26H63N3. The van der Waals surface area contributed by atoms with Crippen LogP contribution in [0.5, 0.6) is 0 Å². The van der Waals surface area contributed by atoms with Crippen LogP contribution in [0.2, 0.25) is 0 Å². The molecule has 0 aliphatic carbocycles. The standard InChI is InChI=1S/C5H11N.C5H7N.C4H9N.6C2H6/c2*1-2-4-6-5-3-1;1-2-4-5-3-1;6*1-2/h6H,1-5H2;2-6H,1H2;5H,1-4H2;6*1-2H3. The Balaban J connectivity index is -0.0000000548. The topological polar surface area (TPSA) is 36.1 Å². The first kappa shape index (κ1) is 42.3. The Morgan fingerprint density at radius 3 is 0.793 bits per heavy atom. The van der Waals surface area contributed by atoms with E-state index in [1.54, 1.807) is 0 Å². The van der Waals surface area contributed by atoms with E-state index < -0.39 is 0 Å². The summed E-state index contributed by atoms with van der Waals surface area (Å²) in [6.45, 7) is 29.0. The van der Waals surface area contributed by atoms with E-state index in [4.69, 9.17) is 0 Å². The van der Waals surface area contributed by atoms with E-state index in [1.807, 2.05) is 95.5 Å². The zero-order valence-corrected chi connectivity index (χ0v) is 22.9. The Kier molecular flexibility index (Phi) is 104. The van der Waals surface area contributed by atoms with Crippen molar-refractivity contribution in [2.24, 2.45) is 0 Å². The Morgan fingerprint density at radius 1 is 0.414 bits per heavy atom. The molecule has 0 spiro atoms. The second-order valence-corrected chi connectivity index (χ2v) is 4.47. The fraction of sp³-hybridized carbons (Fsp3) is 0.846. The molecule has 3 heterocycles. The molecule has 0 atom stereocenters. The molecule has 0 bridgehead atoms. The lowest BCUT2D eigenvalue weighted by molar-refractivity contribution is 0.520. The zero-order valence-electron chi connectivity index (χ0n) is 22.9. The third-order valence-corrected chi connectivity index (χ3v) is 2.86. The summed E-state index contributed by atoms with van der Waals surface area (Å²) in [7, 11) is 0. The van der Waals surface area contributed by atoms with Gasteiger partial charge in [-0.3, -0.25) is 0 Å². The van der Waals surface area contributed by atoms with Crippen molar-refractivity contribution in [2.45, 2.75) is 122 Å². The van der Waals surface area contributed by atoms with E-state index in [1.165, 1.54) is 58.3 Å². The van der Waals surface area contributed by atoms with Gasteiger partial charge in [0.25, 0.3) is 0 Å². The highest BCUT2D eigenvalue weighted by atomic mass is 14.9. The fourth-order valence-corrected chi connectivity index (χ4v) is 1.83. The van der Waals surface area contributed by atoms with Crippen LogP contribution >= 0.6 is 0 Å². The van der Waals surface area contributed by atoms with E-state index in [-0.39, 0.29) is 0 Å². The van der Waals surface area contributed by atoms with Crippen LogP contribution in [0.4, 0.5) is 0 Å². The summed E-state index contributed by atoms with van der Waals surface area (Å²) in [6.07, 6.45) is 16.1. The Morgan fingerprint density at radius 2 is 0.690 bits per heavy atom. The van der Waals surface area contributed by atoms with Crippen LogP contribution in [0, 0.1) is 0 Å². The van der Waals surface area contributed by atoms with Gasteiger partial charge in [-0.15, -0.1) is 0 Å². The quantitative estimate of drug-likeness (QED) is 0.371. The summed E-state index contributed by atoms with van der Waals surface area (Å²) in [5, 5.41) is 9.43. The van der Waals surface area contributed by atoms with Crippen LogP contribution in [-0.2, 0) is 0 Å². The maximum Gasteiger partial charge on any atom is -0.00326 e. The predicted octanol–water partition coefficient (Wildman–Crippen LogP) is 8.29. The number of nitrogens with one attached hydrogen (secondary N) is 3.